The Morgan fingerprint density at radius 2 is 1.67 bits per heavy atom. The van der Waals surface area contributed by atoms with Crippen LogP contribution in [0.4, 0.5) is 5.69 Å². The van der Waals surface area contributed by atoms with E-state index in [1.165, 1.54) is 16.2 Å². The van der Waals surface area contributed by atoms with E-state index in [0.29, 0.717) is 0 Å². The highest BCUT2D eigenvalue weighted by atomic mass is 28.3. The fraction of sp³-hybridized carbons (Fsp3) is 0.462. The van der Waals surface area contributed by atoms with Crippen molar-refractivity contribution < 1.29 is 0 Å². The van der Waals surface area contributed by atoms with Crippen molar-refractivity contribution in [3.8, 4) is 0 Å². The average Bonchev–Trinajstić information content (AvgIpc) is 2.39. The van der Waals surface area contributed by atoms with Crippen LogP contribution in [0, 0.1) is 5.41 Å². The van der Waals surface area contributed by atoms with Gasteiger partial charge in [0.15, 0.2) is 0 Å². The molecule has 1 nitrogen and oxygen atoms in total. The Morgan fingerprint density at radius 3 is 2.20 bits per heavy atom. The summed E-state index contributed by atoms with van der Waals surface area (Å²) in [6.45, 7) is 11.6. The molecule has 0 bridgehead atoms. The van der Waals surface area contributed by atoms with E-state index in [9.17, 15) is 0 Å². The van der Waals surface area contributed by atoms with Crippen molar-refractivity contribution in [1.82, 2.24) is 0 Å². The number of benzene rings is 1. The van der Waals surface area contributed by atoms with Crippen molar-refractivity contribution in [2.45, 2.75) is 33.9 Å². The average molecular weight is 217 g/mol. The molecular weight excluding hydrogens is 198 g/mol. The predicted octanol–water partition coefficient (Wildman–Crippen LogP) is 3.27. The molecule has 0 amide bonds. The molecule has 2 heteroatoms. The molecular formula is C13H19NSi. The zero-order valence-electron chi connectivity index (χ0n) is 10.3. The molecule has 1 aliphatic rings. The zero-order valence-corrected chi connectivity index (χ0v) is 11.3. The number of hydrogen-bond donors (Lipinski definition) is 0. The number of aliphatic imine (C=N–C) groups is 1. The van der Waals surface area contributed by atoms with Crippen LogP contribution in [-0.4, -0.2) is 13.4 Å². The third kappa shape index (κ3) is 1.57. The zero-order chi connectivity index (χ0) is 11.3. The quantitative estimate of drug-likeness (QED) is 0.591. The van der Waals surface area contributed by atoms with Gasteiger partial charge in [0.1, 0.15) is 8.07 Å². The minimum Gasteiger partial charge on any atom is -0.262 e. The molecule has 0 fully saturated rings. The third-order valence-electron chi connectivity index (χ3n) is 3.11. The van der Waals surface area contributed by atoms with Gasteiger partial charge in [0.25, 0.3) is 0 Å². The molecule has 0 unspecified atom stereocenters. The highest BCUT2D eigenvalue weighted by Crippen LogP contribution is 2.32. The molecule has 0 aliphatic carbocycles. The smallest absolute Gasteiger partial charge is 0.133 e. The summed E-state index contributed by atoms with van der Waals surface area (Å²) in [5.41, 5.74) is 1.41. The Labute approximate surface area is 93.3 Å². The summed E-state index contributed by atoms with van der Waals surface area (Å²) in [5.74, 6) is 0. The van der Waals surface area contributed by atoms with Crippen LogP contribution in [0.5, 0.6) is 0 Å². The van der Waals surface area contributed by atoms with Crippen molar-refractivity contribution in [2.75, 3.05) is 0 Å². The van der Waals surface area contributed by atoms with Gasteiger partial charge >= 0.3 is 0 Å². The van der Waals surface area contributed by atoms with E-state index < -0.39 is 8.07 Å². The highest BCUT2D eigenvalue weighted by molar-refractivity contribution is 7.16. The fourth-order valence-corrected chi connectivity index (χ4v) is 6.42. The maximum Gasteiger partial charge on any atom is 0.133 e. The molecule has 0 atom stereocenters. The second-order valence-corrected chi connectivity index (χ2v) is 10.1. The summed E-state index contributed by atoms with van der Waals surface area (Å²) >= 11 is 0. The van der Waals surface area contributed by atoms with Gasteiger partial charge in [-0.2, -0.15) is 0 Å². The largest absolute Gasteiger partial charge is 0.262 e. The first-order valence-electron chi connectivity index (χ1n) is 5.52. The lowest BCUT2D eigenvalue weighted by molar-refractivity contribution is 0.599. The number of nitrogens with zero attached hydrogens (tertiary/aromatic N) is 1. The lowest BCUT2D eigenvalue weighted by atomic mass is 9.98. The van der Waals surface area contributed by atoms with E-state index >= 15 is 0 Å². The van der Waals surface area contributed by atoms with Gasteiger partial charge in [0.2, 0.25) is 0 Å². The molecule has 0 saturated carbocycles. The monoisotopic (exact) mass is 217 g/mol. The Kier molecular flexibility index (Phi) is 2.16. The van der Waals surface area contributed by atoms with Crippen molar-refractivity contribution in [1.29, 1.82) is 0 Å². The third-order valence-corrected chi connectivity index (χ3v) is 6.93. The van der Waals surface area contributed by atoms with Crippen LogP contribution in [0.25, 0.3) is 0 Å². The summed E-state index contributed by atoms with van der Waals surface area (Å²) in [4.78, 5) is 4.85. The second kappa shape index (κ2) is 3.05. The first-order chi connectivity index (χ1) is 6.83. The predicted molar refractivity (Wildman–Crippen MR) is 70.1 cm³/mol. The van der Waals surface area contributed by atoms with Crippen molar-refractivity contribution in [2.24, 2.45) is 10.4 Å². The molecule has 1 aliphatic heterocycles. The van der Waals surface area contributed by atoms with Gasteiger partial charge in [-0.3, -0.25) is 4.99 Å². The van der Waals surface area contributed by atoms with Crippen LogP contribution >= 0.6 is 0 Å². The second-order valence-electron chi connectivity index (χ2n) is 5.85. The maximum absolute atomic E-state index is 4.85. The topological polar surface area (TPSA) is 12.4 Å². The van der Waals surface area contributed by atoms with Crippen LogP contribution in [0.2, 0.25) is 13.1 Å². The van der Waals surface area contributed by atoms with Crippen LogP contribution in [0.15, 0.2) is 29.3 Å². The van der Waals surface area contributed by atoms with Crippen molar-refractivity contribution in [3.63, 3.8) is 0 Å². The van der Waals surface area contributed by atoms with E-state index in [4.69, 9.17) is 4.99 Å². The van der Waals surface area contributed by atoms with Gasteiger partial charge in [-0.25, -0.2) is 0 Å². The van der Waals surface area contributed by atoms with Crippen molar-refractivity contribution in [3.05, 3.63) is 24.3 Å². The molecule has 0 aromatic heterocycles. The fourth-order valence-electron chi connectivity index (χ4n) is 2.59. The van der Waals surface area contributed by atoms with Gasteiger partial charge in [0.05, 0.1) is 5.69 Å². The van der Waals surface area contributed by atoms with E-state index in [1.807, 2.05) is 0 Å². The number of fused-ring (bicyclic) bond motifs is 1. The van der Waals surface area contributed by atoms with Gasteiger partial charge in [-0.15, -0.1) is 0 Å². The first kappa shape index (κ1) is 10.6. The molecule has 2 rings (SSSR count). The maximum atomic E-state index is 4.85. The van der Waals surface area contributed by atoms with E-state index in [2.05, 4.69) is 58.1 Å². The summed E-state index contributed by atoms with van der Waals surface area (Å²) in [5, 5.41) is 2.92. The van der Waals surface area contributed by atoms with E-state index in [0.717, 1.165) is 0 Å². The number of rotatable bonds is 0. The van der Waals surface area contributed by atoms with Crippen LogP contribution in [0.1, 0.15) is 20.8 Å². The van der Waals surface area contributed by atoms with E-state index in [1.54, 1.807) is 0 Å². The van der Waals surface area contributed by atoms with Crippen molar-refractivity contribution >= 4 is 24.3 Å². The lowest BCUT2D eigenvalue weighted by Gasteiger charge is -2.29. The Morgan fingerprint density at radius 1 is 1.07 bits per heavy atom. The Hall–Kier alpha value is -0.893. The molecule has 0 spiro atoms. The molecule has 0 N–H and O–H groups in total. The summed E-state index contributed by atoms with van der Waals surface area (Å²) in [6.07, 6.45) is 0. The molecule has 15 heavy (non-hydrogen) atoms. The standard InChI is InChI=1S/C13H19NSi/c1-13(2,3)12-14-10-8-6-7-9-11(10)15(12,4)5/h6-9H,1-5H3. The summed E-state index contributed by atoms with van der Waals surface area (Å²) < 4.78 is 0. The molecule has 1 heterocycles. The molecule has 0 saturated heterocycles. The Balaban J connectivity index is 2.59. The molecule has 0 radical (unpaired) electrons. The minimum absolute atomic E-state index is 0.203. The number of para-hydroxylation sites is 1. The lowest BCUT2D eigenvalue weighted by Crippen LogP contribution is -2.51. The summed E-state index contributed by atoms with van der Waals surface area (Å²) in [6, 6.07) is 8.61. The molecule has 80 valence electrons. The SMILES string of the molecule is CC(C)(C)C1=Nc2ccccc2[Si]1(C)C. The molecule has 1 aromatic carbocycles. The minimum atomic E-state index is -1.48. The van der Waals surface area contributed by atoms with Crippen LogP contribution in [-0.2, 0) is 0 Å². The Bertz CT molecular complexity index is 424. The first-order valence-corrected chi connectivity index (χ1v) is 8.52. The molecule has 1 aromatic rings. The van der Waals surface area contributed by atoms with Crippen LogP contribution < -0.4 is 5.19 Å². The van der Waals surface area contributed by atoms with Gasteiger partial charge < -0.3 is 0 Å². The van der Waals surface area contributed by atoms with Gasteiger partial charge in [-0.1, -0.05) is 52.1 Å². The van der Waals surface area contributed by atoms with Gasteiger partial charge in [0, 0.05) is 5.33 Å². The summed E-state index contributed by atoms with van der Waals surface area (Å²) in [7, 11) is -1.48. The van der Waals surface area contributed by atoms with E-state index in [-0.39, 0.29) is 5.41 Å². The highest BCUT2D eigenvalue weighted by Gasteiger charge is 2.42. The van der Waals surface area contributed by atoms with Gasteiger partial charge in [-0.05, 0) is 16.7 Å². The van der Waals surface area contributed by atoms with Crippen LogP contribution in [0.3, 0.4) is 0 Å². The normalized spacial score (nSPS) is 18.6. The number of hydrogen-bond acceptors (Lipinski definition) is 1.